The number of carbonyl (C=O) groups excluding carboxylic acids is 2. The molecular weight excluding hydrogens is 390 g/mol. The second-order valence-corrected chi connectivity index (χ2v) is 8.45. The largest absolute Gasteiger partial charge is 0.496 e. The summed E-state index contributed by atoms with van der Waals surface area (Å²) in [7, 11) is 1.64. The van der Waals surface area contributed by atoms with Gasteiger partial charge in [0.15, 0.2) is 0 Å². The Kier molecular flexibility index (Phi) is 4.73. The van der Waals surface area contributed by atoms with Gasteiger partial charge in [-0.25, -0.2) is 0 Å². The van der Waals surface area contributed by atoms with E-state index < -0.39 is 12.1 Å². The molecule has 3 atom stereocenters. The zero-order chi connectivity index (χ0) is 21.7. The van der Waals surface area contributed by atoms with Gasteiger partial charge in [0.2, 0.25) is 11.8 Å². The van der Waals surface area contributed by atoms with E-state index in [0.29, 0.717) is 12.2 Å². The first-order valence-corrected chi connectivity index (χ1v) is 10.9. The summed E-state index contributed by atoms with van der Waals surface area (Å²) >= 11 is 0. The zero-order valence-electron chi connectivity index (χ0n) is 18.1. The first kappa shape index (κ1) is 19.7. The van der Waals surface area contributed by atoms with E-state index >= 15 is 0 Å². The highest BCUT2D eigenvalue weighted by Gasteiger charge is 2.49. The molecule has 0 radical (unpaired) electrons. The maximum Gasteiger partial charge on any atom is 0.246 e. The number of nitrogens with zero attached hydrogens (tertiary/aromatic N) is 2. The number of amides is 2. The minimum absolute atomic E-state index is 0.0230. The van der Waals surface area contributed by atoms with Crippen LogP contribution in [0.5, 0.6) is 5.75 Å². The summed E-state index contributed by atoms with van der Waals surface area (Å²) < 4.78 is 5.66. The minimum atomic E-state index is -0.517. The number of hydrogen-bond donors (Lipinski definition) is 1. The van der Waals surface area contributed by atoms with E-state index in [-0.39, 0.29) is 24.4 Å². The summed E-state index contributed by atoms with van der Waals surface area (Å²) in [5, 5.41) is 1.11. The number of hydrogen-bond acceptors (Lipinski definition) is 3. The number of nitrogens with one attached hydrogen (secondary N) is 1. The molecule has 2 aromatic carbocycles. The number of aromatic amines is 1. The third-order valence-electron chi connectivity index (χ3n) is 6.85. The van der Waals surface area contributed by atoms with Gasteiger partial charge in [-0.05, 0) is 31.0 Å². The van der Waals surface area contributed by atoms with Crippen molar-refractivity contribution in [1.82, 2.24) is 14.8 Å². The van der Waals surface area contributed by atoms with E-state index in [9.17, 15) is 9.59 Å². The summed E-state index contributed by atoms with van der Waals surface area (Å²) in [6, 6.07) is 15.0. The standard InChI is InChI=1S/C25H27N3O3/c1-4-15(2)27-14-22(29)28-20(25(27)30)13-18-16-9-5-7-11-19(16)26-23(18)24(28)17-10-6-8-12-21(17)31-3/h5-12,15,20,24,26H,4,13-14H2,1-3H3/t15?,20-,24?/m0/s1. The van der Waals surface area contributed by atoms with Crippen LogP contribution in [0.25, 0.3) is 10.9 Å². The summed E-state index contributed by atoms with van der Waals surface area (Å²) in [5.74, 6) is 0.720. The van der Waals surface area contributed by atoms with Crippen LogP contribution in [0.15, 0.2) is 48.5 Å². The molecule has 2 aliphatic rings. The van der Waals surface area contributed by atoms with E-state index in [1.165, 1.54) is 0 Å². The Bertz CT molecular complexity index is 1170. The van der Waals surface area contributed by atoms with Crippen molar-refractivity contribution in [2.75, 3.05) is 13.7 Å². The molecule has 1 saturated heterocycles. The van der Waals surface area contributed by atoms with Crippen LogP contribution in [-0.2, 0) is 16.0 Å². The molecule has 2 aliphatic heterocycles. The number of benzene rings is 2. The summed E-state index contributed by atoms with van der Waals surface area (Å²) in [6.45, 7) is 4.18. The maximum atomic E-state index is 13.6. The predicted octanol–water partition coefficient (Wildman–Crippen LogP) is 3.66. The molecule has 2 amide bonds. The maximum absolute atomic E-state index is 13.6. The molecule has 6 heteroatoms. The third kappa shape index (κ3) is 2.92. The van der Waals surface area contributed by atoms with Gasteiger partial charge in [-0.3, -0.25) is 9.59 Å². The van der Waals surface area contributed by atoms with Crippen LogP contribution < -0.4 is 4.74 Å². The van der Waals surface area contributed by atoms with Crippen LogP contribution in [-0.4, -0.2) is 52.3 Å². The van der Waals surface area contributed by atoms with Gasteiger partial charge < -0.3 is 19.5 Å². The molecule has 3 aromatic rings. The Morgan fingerprint density at radius 3 is 2.65 bits per heavy atom. The van der Waals surface area contributed by atoms with Crippen LogP contribution in [0.3, 0.4) is 0 Å². The Labute approximate surface area is 181 Å². The van der Waals surface area contributed by atoms with Crippen molar-refractivity contribution < 1.29 is 14.3 Å². The number of piperazine rings is 1. The first-order chi connectivity index (χ1) is 15.0. The third-order valence-corrected chi connectivity index (χ3v) is 6.85. The number of H-pyrrole nitrogens is 1. The first-order valence-electron chi connectivity index (χ1n) is 10.9. The molecule has 1 fully saturated rings. The van der Waals surface area contributed by atoms with Crippen LogP contribution in [0.4, 0.5) is 0 Å². The van der Waals surface area contributed by atoms with Crippen LogP contribution >= 0.6 is 0 Å². The van der Waals surface area contributed by atoms with E-state index in [1.807, 2.05) is 56.3 Å². The van der Waals surface area contributed by atoms with Gasteiger partial charge in [0, 0.05) is 34.6 Å². The van der Waals surface area contributed by atoms with Gasteiger partial charge >= 0.3 is 0 Å². The number of ether oxygens (including phenoxy) is 1. The van der Waals surface area contributed by atoms with E-state index in [0.717, 1.165) is 34.1 Å². The lowest BCUT2D eigenvalue weighted by Gasteiger charge is -2.48. The fourth-order valence-electron chi connectivity index (χ4n) is 5.10. The molecular formula is C25H27N3O3. The minimum Gasteiger partial charge on any atom is -0.496 e. The Balaban J connectivity index is 1.73. The average Bonchev–Trinajstić information content (AvgIpc) is 3.18. The summed E-state index contributed by atoms with van der Waals surface area (Å²) in [6.07, 6.45) is 1.34. The number of methoxy groups -OCH3 is 1. The monoisotopic (exact) mass is 417 g/mol. The molecule has 0 aliphatic carbocycles. The van der Waals surface area contributed by atoms with Crippen molar-refractivity contribution in [3.63, 3.8) is 0 Å². The van der Waals surface area contributed by atoms with Crippen molar-refractivity contribution >= 4 is 22.7 Å². The van der Waals surface area contributed by atoms with Crippen molar-refractivity contribution in [2.45, 2.75) is 44.8 Å². The zero-order valence-corrected chi connectivity index (χ0v) is 18.1. The Hall–Kier alpha value is -3.28. The van der Waals surface area contributed by atoms with Gasteiger partial charge in [-0.2, -0.15) is 0 Å². The number of fused-ring (bicyclic) bond motifs is 4. The smallest absolute Gasteiger partial charge is 0.246 e. The van der Waals surface area contributed by atoms with Crippen LogP contribution in [0.2, 0.25) is 0 Å². The highest BCUT2D eigenvalue weighted by molar-refractivity contribution is 5.98. The lowest BCUT2D eigenvalue weighted by Crippen LogP contribution is -2.64. The average molecular weight is 418 g/mol. The van der Waals surface area contributed by atoms with Gasteiger partial charge in [0.05, 0.1) is 7.11 Å². The van der Waals surface area contributed by atoms with Gasteiger partial charge in [-0.1, -0.05) is 43.3 Å². The number of carbonyl (C=O) groups is 2. The Morgan fingerprint density at radius 1 is 1.13 bits per heavy atom. The molecule has 3 heterocycles. The topological polar surface area (TPSA) is 65.6 Å². The lowest BCUT2D eigenvalue weighted by molar-refractivity contribution is -0.160. The van der Waals surface area contributed by atoms with Crippen molar-refractivity contribution in [2.24, 2.45) is 0 Å². The molecule has 0 spiro atoms. The second-order valence-electron chi connectivity index (χ2n) is 8.45. The normalized spacial score (nSPS) is 21.8. The molecule has 0 saturated carbocycles. The molecule has 31 heavy (non-hydrogen) atoms. The molecule has 2 unspecified atom stereocenters. The van der Waals surface area contributed by atoms with Crippen LogP contribution in [0, 0.1) is 0 Å². The van der Waals surface area contributed by atoms with Crippen molar-refractivity contribution in [1.29, 1.82) is 0 Å². The molecule has 160 valence electrons. The molecule has 1 aromatic heterocycles. The fraction of sp³-hybridized carbons (Fsp3) is 0.360. The Morgan fingerprint density at radius 2 is 1.87 bits per heavy atom. The number of aromatic nitrogens is 1. The van der Waals surface area contributed by atoms with E-state index in [2.05, 4.69) is 11.1 Å². The van der Waals surface area contributed by atoms with E-state index in [1.54, 1.807) is 16.9 Å². The van der Waals surface area contributed by atoms with E-state index in [4.69, 9.17) is 4.74 Å². The number of rotatable bonds is 4. The highest BCUT2D eigenvalue weighted by Crippen LogP contribution is 2.44. The van der Waals surface area contributed by atoms with Crippen LogP contribution in [0.1, 0.15) is 43.1 Å². The quantitative estimate of drug-likeness (QED) is 0.705. The fourth-order valence-corrected chi connectivity index (χ4v) is 5.10. The second kappa shape index (κ2) is 7.45. The summed E-state index contributed by atoms with van der Waals surface area (Å²) in [5.41, 5.74) is 3.99. The van der Waals surface area contributed by atoms with Gasteiger partial charge in [0.25, 0.3) is 0 Å². The van der Waals surface area contributed by atoms with Gasteiger partial charge in [0.1, 0.15) is 24.4 Å². The SMILES string of the molecule is CCC(C)N1CC(=O)N2C(c3ccccc3OC)c3[nH]c4ccccc4c3C[C@H]2C1=O. The predicted molar refractivity (Wildman–Crippen MR) is 119 cm³/mol. The molecule has 6 nitrogen and oxygen atoms in total. The molecule has 1 N–H and O–H groups in total. The molecule has 5 rings (SSSR count). The summed E-state index contributed by atoms with van der Waals surface area (Å²) in [4.78, 5) is 34.2. The molecule has 0 bridgehead atoms. The van der Waals surface area contributed by atoms with Crippen molar-refractivity contribution in [3.05, 3.63) is 65.4 Å². The van der Waals surface area contributed by atoms with Gasteiger partial charge in [-0.15, -0.1) is 0 Å². The number of para-hydroxylation sites is 2. The van der Waals surface area contributed by atoms with Crippen molar-refractivity contribution in [3.8, 4) is 5.75 Å². The highest BCUT2D eigenvalue weighted by atomic mass is 16.5. The lowest BCUT2D eigenvalue weighted by atomic mass is 9.85.